The third kappa shape index (κ3) is 5.50. The topological polar surface area (TPSA) is 112 Å². The lowest BCUT2D eigenvalue weighted by Gasteiger charge is -2.31. The molecular weight excluding hydrogens is 558 g/mol. The maximum atomic E-state index is 14.7. The molecule has 0 radical (unpaired) electrons. The molecule has 3 aliphatic rings. The van der Waals surface area contributed by atoms with Crippen molar-refractivity contribution in [2.75, 3.05) is 68.6 Å². The molecular formula is C31H34F2N6O4. The minimum atomic E-state index is -0.895. The summed E-state index contributed by atoms with van der Waals surface area (Å²) in [6.45, 7) is 3.53. The van der Waals surface area contributed by atoms with Crippen molar-refractivity contribution in [3.05, 3.63) is 41.2 Å². The van der Waals surface area contributed by atoms with Crippen molar-refractivity contribution < 1.29 is 28.2 Å². The van der Waals surface area contributed by atoms with Gasteiger partial charge in [0.05, 0.1) is 23.4 Å². The summed E-state index contributed by atoms with van der Waals surface area (Å²) in [6, 6.07) is 5.55. The average molecular weight is 593 g/mol. The maximum Gasteiger partial charge on any atom is 0.320 e. The van der Waals surface area contributed by atoms with E-state index in [0.717, 1.165) is 19.4 Å². The first kappa shape index (κ1) is 28.9. The highest BCUT2D eigenvalue weighted by molar-refractivity contribution is 6.15. The zero-order chi connectivity index (χ0) is 30.1. The number of phenols is 1. The first-order valence-corrected chi connectivity index (χ1v) is 14.5. The summed E-state index contributed by atoms with van der Waals surface area (Å²) in [5.74, 6) is 1.57. The van der Waals surface area contributed by atoms with Crippen LogP contribution in [0.4, 0.5) is 26.1 Å². The van der Waals surface area contributed by atoms with Gasteiger partial charge in [-0.25, -0.2) is 8.78 Å². The fraction of sp³-hybridized carbons (Fsp3) is 0.452. The molecule has 2 unspecified atom stereocenters. The molecule has 3 fully saturated rings. The predicted molar refractivity (Wildman–Crippen MR) is 159 cm³/mol. The molecule has 1 amide bonds. The van der Waals surface area contributed by atoms with Crippen molar-refractivity contribution in [3.8, 4) is 24.1 Å². The fourth-order valence-corrected chi connectivity index (χ4v) is 6.57. The number of hydrogen-bond donors (Lipinski definition) is 3. The number of fused-ring (bicyclic) bond motifs is 2. The van der Waals surface area contributed by atoms with Crippen molar-refractivity contribution >= 4 is 34.0 Å². The first-order valence-electron chi connectivity index (χ1n) is 14.5. The van der Waals surface area contributed by atoms with E-state index >= 15 is 0 Å². The first-order chi connectivity index (χ1) is 20.8. The molecule has 2 aromatic carbocycles. The maximum absolute atomic E-state index is 14.7. The van der Waals surface area contributed by atoms with Crippen LogP contribution in [0.15, 0.2) is 24.3 Å². The van der Waals surface area contributed by atoms with Gasteiger partial charge >= 0.3 is 6.01 Å². The Balaban J connectivity index is 1.39. The smallest absolute Gasteiger partial charge is 0.320 e. The lowest BCUT2D eigenvalue weighted by Crippen LogP contribution is -2.43. The van der Waals surface area contributed by atoms with Crippen LogP contribution in [-0.2, 0) is 4.74 Å². The van der Waals surface area contributed by atoms with Gasteiger partial charge in [-0.05, 0) is 43.3 Å². The van der Waals surface area contributed by atoms with Crippen LogP contribution in [0.1, 0.15) is 41.6 Å². The second-order valence-electron chi connectivity index (χ2n) is 11.2. The van der Waals surface area contributed by atoms with E-state index in [0.29, 0.717) is 56.9 Å². The highest BCUT2D eigenvalue weighted by Crippen LogP contribution is 2.41. The molecule has 43 heavy (non-hydrogen) atoms. The minimum absolute atomic E-state index is 0.0331. The summed E-state index contributed by atoms with van der Waals surface area (Å²) in [5, 5.41) is 16.9. The normalized spacial score (nSPS) is 22.2. The minimum Gasteiger partial charge on any atom is -0.508 e. The summed E-state index contributed by atoms with van der Waals surface area (Å²) in [7, 11) is 1.63. The molecule has 0 aliphatic carbocycles. The van der Waals surface area contributed by atoms with E-state index in [1.807, 2.05) is 4.90 Å². The van der Waals surface area contributed by atoms with Crippen molar-refractivity contribution in [3.63, 3.8) is 0 Å². The van der Waals surface area contributed by atoms with Crippen LogP contribution in [-0.4, -0.2) is 90.6 Å². The van der Waals surface area contributed by atoms with E-state index in [1.54, 1.807) is 7.05 Å². The number of nitrogens with zero attached hydrogens (tertiary/aromatic N) is 4. The molecule has 0 saturated carbocycles. The van der Waals surface area contributed by atoms with E-state index in [-0.39, 0.29) is 46.4 Å². The monoisotopic (exact) mass is 592 g/mol. The molecule has 3 N–H and O–H groups in total. The van der Waals surface area contributed by atoms with Crippen molar-refractivity contribution in [2.45, 2.75) is 37.4 Å². The predicted octanol–water partition coefficient (Wildman–Crippen LogP) is 3.93. The van der Waals surface area contributed by atoms with Crippen LogP contribution in [0.5, 0.6) is 11.8 Å². The molecule has 12 heteroatoms. The quantitative estimate of drug-likeness (QED) is 0.352. The third-order valence-electron chi connectivity index (χ3n) is 8.53. The summed E-state index contributed by atoms with van der Waals surface area (Å²) >= 11 is 0. The highest BCUT2D eigenvalue weighted by Gasteiger charge is 2.49. The lowest BCUT2D eigenvalue weighted by molar-refractivity contribution is 0.102. The number of alkyl halides is 1. The van der Waals surface area contributed by atoms with Gasteiger partial charge in [-0.2, -0.15) is 9.97 Å². The summed E-state index contributed by atoms with van der Waals surface area (Å²) in [5.41, 5.74) is -0.149. The molecule has 3 aromatic rings. The van der Waals surface area contributed by atoms with Crippen LogP contribution >= 0.6 is 0 Å². The average Bonchev–Trinajstić information content (AvgIpc) is 3.37. The van der Waals surface area contributed by atoms with E-state index in [2.05, 4.69) is 26.4 Å². The Hall–Kier alpha value is -4.21. The Labute approximate surface area is 248 Å². The number of rotatable bonds is 7. The second-order valence-corrected chi connectivity index (χ2v) is 11.2. The van der Waals surface area contributed by atoms with Crippen LogP contribution in [0.2, 0.25) is 0 Å². The van der Waals surface area contributed by atoms with Gasteiger partial charge in [0, 0.05) is 51.2 Å². The zero-order valence-corrected chi connectivity index (χ0v) is 24.0. The largest absolute Gasteiger partial charge is 0.508 e. The van der Waals surface area contributed by atoms with Crippen molar-refractivity contribution in [2.24, 2.45) is 0 Å². The summed E-state index contributed by atoms with van der Waals surface area (Å²) < 4.78 is 40.8. The SMILES string of the molecule is C#Cc1c(F)ccc2cc(O)cc(NC(=O)c3c(NC)nc(OCC45CCCN4CC(F)C5)nc3N3CCCOCC3)c12. The van der Waals surface area contributed by atoms with Gasteiger partial charge in [0.1, 0.15) is 35.7 Å². The molecule has 226 valence electrons. The Morgan fingerprint density at radius 3 is 2.93 bits per heavy atom. The van der Waals surface area contributed by atoms with Crippen LogP contribution in [0.25, 0.3) is 10.8 Å². The number of amides is 1. The van der Waals surface area contributed by atoms with Crippen molar-refractivity contribution in [1.29, 1.82) is 0 Å². The van der Waals surface area contributed by atoms with Gasteiger partial charge in [0.2, 0.25) is 0 Å². The number of ether oxygens (including phenoxy) is 2. The van der Waals surface area contributed by atoms with Gasteiger partial charge in [-0.15, -0.1) is 6.42 Å². The fourth-order valence-electron chi connectivity index (χ4n) is 6.57. The van der Waals surface area contributed by atoms with Crippen molar-refractivity contribution in [1.82, 2.24) is 14.9 Å². The van der Waals surface area contributed by atoms with Gasteiger partial charge < -0.3 is 30.1 Å². The van der Waals surface area contributed by atoms with Gasteiger partial charge in [0.15, 0.2) is 5.82 Å². The van der Waals surface area contributed by atoms with Gasteiger partial charge in [-0.1, -0.05) is 12.0 Å². The molecule has 2 atom stereocenters. The van der Waals surface area contributed by atoms with E-state index in [9.17, 15) is 18.7 Å². The Morgan fingerprint density at radius 2 is 2.12 bits per heavy atom. The third-order valence-corrected chi connectivity index (χ3v) is 8.53. The Bertz CT molecular complexity index is 1590. The number of anilines is 3. The molecule has 3 saturated heterocycles. The molecule has 4 heterocycles. The molecule has 1 aromatic heterocycles. The summed E-state index contributed by atoms with van der Waals surface area (Å²) in [4.78, 5) is 27.4. The Morgan fingerprint density at radius 1 is 1.26 bits per heavy atom. The standard InChI is InChI=1S/C31H34F2N6O4/c1-3-22-23(33)7-6-19-14-21(40)15-24(25(19)22)35-29(41)26-27(34-2)36-30(37-28(26)38-9-5-12-42-13-11-38)43-18-31-8-4-10-39(31)17-20(32)16-31/h1,6-7,14-15,20,40H,4-5,8-13,16-18H2,2H3,(H,35,41)(H,34,36,37). The van der Waals surface area contributed by atoms with E-state index < -0.39 is 23.4 Å². The lowest BCUT2D eigenvalue weighted by atomic mass is 9.95. The van der Waals surface area contributed by atoms with E-state index in [1.165, 1.54) is 24.3 Å². The molecule has 0 bridgehead atoms. The number of carbonyl (C=O) groups excluding carboxylic acids is 1. The second kappa shape index (κ2) is 11.8. The molecule has 6 rings (SSSR count). The zero-order valence-electron chi connectivity index (χ0n) is 24.0. The molecule has 0 spiro atoms. The number of aromatic nitrogens is 2. The number of terminal acetylenes is 1. The number of benzene rings is 2. The number of carbonyl (C=O) groups is 1. The number of halogens is 2. The Kier molecular flexibility index (Phi) is 7.94. The molecule has 3 aliphatic heterocycles. The van der Waals surface area contributed by atoms with Crippen LogP contribution < -0.4 is 20.3 Å². The number of phenolic OH excluding ortho intramolecular Hbond substituents is 1. The van der Waals surface area contributed by atoms with Crippen LogP contribution in [0.3, 0.4) is 0 Å². The number of aromatic hydroxyl groups is 1. The molecule has 10 nitrogen and oxygen atoms in total. The van der Waals surface area contributed by atoms with Gasteiger partial charge in [-0.3, -0.25) is 9.69 Å². The highest BCUT2D eigenvalue weighted by atomic mass is 19.1. The van der Waals surface area contributed by atoms with E-state index in [4.69, 9.17) is 20.9 Å². The summed E-state index contributed by atoms with van der Waals surface area (Å²) in [6.07, 6.45) is 7.66. The van der Waals surface area contributed by atoms with Crippen LogP contribution in [0, 0.1) is 18.2 Å². The van der Waals surface area contributed by atoms with Gasteiger partial charge in [0.25, 0.3) is 5.91 Å². The number of nitrogens with one attached hydrogen (secondary N) is 2. The number of hydrogen-bond acceptors (Lipinski definition) is 9.